The molecule has 3 aromatic rings. The predicted molar refractivity (Wildman–Crippen MR) is 109 cm³/mol. The third-order valence-electron chi connectivity index (χ3n) is 5.79. The fraction of sp³-hybridized carbons (Fsp3) is 0.167. The average Bonchev–Trinajstić information content (AvgIpc) is 3.09. The van der Waals surface area contributed by atoms with Gasteiger partial charge in [0, 0.05) is 10.8 Å². The van der Waals surface area contributed by atoms with Gasteiger partial charge in [0.25, 0.3) is 0 Å². The fourth-order valence-corrected chi connectivity index (χ4v) is 4.32. The van der Waals surface area contributed by atoms with Gasteiger partial charge in [-0.1, -0.05) is 50.6 Å². The van der Waals surface area contributed by atoms with Crippen LogP contribution in [0.5, 0.6) is 0 Å². The quantitative estimate of drug-likeness (QED) is 0.445. The molecule has 0 atom stereocenters. The zero-order valence-corrected chi connectivity index (χ0v) is 16.2. The molecule has 1 nitrogen and oxygen atoms in total. The SMILES string of the molecule is C=C1CC(=C)c2cc(C(c3ccc4c(=C)oc(=C)c4c3)(C(F)(F)F)C(F)(F)F)ccc21. The molecule has 1 heterocycles. The van der Waals surface area contributed by atoms with Crippen LogP contribution in [0.25, 0.3) is 35.1 Å². The molecule has 160 valence electrons. The van der Waals surface area contributed by atoms with Crippen LogP contribution in [-0.2, 0) is 5.41 Å². The van der Waals surface area contributed by atoms with E-state index >= 15 is 0 Å². The molecular formula is C24H16F6O. The maximum atomic E-state index is 14.5. The summed E-state index contributed by atoms with van der Waals surface area (Å²) in [6, 6.07) is 5.82. The van der Waals surface area contributed by atoms with Gasteiger partial charge < -0.3 is 4.42 Å². The molecule has 0 radical (unpaired) electrons. The lowest BCUT2D eigenvalue weighted by Gasteiger charge is -2.38. The largest absolute Gasteiger partial charge is 0.457 e. The molecule has 0 amide bonds. The van der Waals surface area contributed by atoms with Crippen LogP contribution in [0.1, 0.15) is 28.7 Å². The third kappa shape index (κ3) is 2.79. The Hall–Kier alpha value is -3.22. The van der Waals surface area contributed by atoms with Gasteiger partial charge in [-0.25, -0.2) is 0 Å². The molecule has 0 spiro atoms. The van der Waals surface area contributed by atoms with E-state index in [0.717, 1.165) is 30.3 Å². The molecule has 1 aliphatic rings. The van der Waals surface area contributed by atoms with Crippen molar-refractivity contribution in [3.8, 4) is 0 Å². The fourth-order valence-electron chi connectivity index (χ4n) is 4.32. The van der Waals surface area contributed by atoms with Gasteiger partial charge in [-0.2, -0.15) is 26.3 Å². The van der Waals surface area contributed by atoms with Crippen molar-refractivity contribution in [2.24, 2.45) is 0 Å². The molecule has 0 unspecified atom stereocenters. The van der Waals surface area contributed by atoms with E-state index in [1.165, 1.54) is 6.07 Å². The molecule has 1 aliphatic carbocycles. The van der Waals surface area contributed by atoms with Crippen molar-refractivity contribution in [3.63, 3.8) is 0 Å². The second-order valence-electron chi connectivity index (χ2n) is 7.60. The lowest BCUT2D eigenvalue weighted by Crippen LogP contribution is -2.54. The molecule has 31 heavy (non-hydrogen) atoms. The number of halogens is 6. The van der Waals surface area contributed by atoms with Gasteiger partial charge in [0.1, 0.15) is 10.8 Å². The molecule has 4 rings (SSSR count). The van der Waals surface area contributed by atoms with Crippen LogP contribution in [0.4, 0.5) is 26.3 Å². The number of hydrogen-bond acceptors (Lipinski definition) is 1. The first-order valence-electron chi connectivity index (χ1n) is 9.14. The summed E-state index contributed by atoms with van der Waals surface area (Å²) in [4.78, 5) is 0. The van der Waals surface area contributed by atoms with Crippen molar-refractivity contribution < 1.29 is 30.8 Å². The Bertz CT molecular complexity index is 1340. The lowest BCUT2D eigenvalue weighted by atomic mass is 9.72. The van der Waals surface area contributed by atoms with Crippen LogP contribution >= 0.6 is 0 Å². The van der Waals surface area contributed by atoms with E-state index in [1.54, 1.807) is 0 Å². The van der Waals surface area contributed by atoms with Gasteiger partial charge in [0.15, 0.2) is 0 Å². The van der Waals surface area contributed by atoms with Crippen LogP contribution in [0.3, 0.4) is 0 Å². The van der Waals surface area contributed by atoms with E-state index in [4.69, 9.17) is 4.42 Å². The topological polar surface area (TPSA) is 13.1 Å². The highest BCUT2D eigenvalue weighted by atomic mass is 19.4. The van der Waals surface area contributed by atoms with Gasteiger partial charge in [-0.3, -0.25) is 0 Å². The van der Waals surface area contributed by atoms with Crippen LogP contribution in [0.15, 0.2) is 54.0 Å². The van der Waals surface area contributed by atoms with E-state index in [0.29, 0.717) is 28.5 Å². The van der Waals surface area contributed by atoms with E-state index in [1.807, 2.05) is 0 Å². The number of allylic oxidation sites excluding steroid dienone is 2. The van der Waals surface area contributed by atoms with Crippen LogP contribution in [0, 0.1) is 0 Å². The van der Waals surface area contributed by atoms with Crippen molar-refractivity contribution >= 4 is 35.1 Å². The predicted octanol–water partition coefficient (Wildman–Crippen LogP) is 6.09. The lowest BCUT2D eigenvalue weighted by molar-refractivity contribution is -0.288. The normalized spacial score (nSPS) is 15.0. The summed E-state index contributed by atoms with van der Waals surface area (Å²) in [6.45, 7) is 14.7. The Balaban J connectivity index is 2.12. The Labute approximate surface area is 173 Å². The van der Waals surface area contributed by atoms with Crippen LogP contribution in [0.2, 0.25) is 0 Å². The van der Waals surface area contributed by atoms with Gasteiger partial charge >= 0.3 is 12.4 Å². The summed E-state index contributed by atoms with van der Waals surface area (Å²) in [5, 5.41) is 0.338. The molecule has 1 aromatic heterocycles. The molecule has 0 bridgehead atoms. The number of furan rings is 1. The highest BCUT2D eigenvalue weighted by Crippen LogP contribution is 2.57. The van der Waals surface area contributed by atoms with Gasteiger partial charge in [-0.05, 0) is 52.0 Å². The second kappa shape index (κ2) is 6.39. The maximum Gasteiger partial charge on any atom is 0.411 e. The highest BCUT2D eigenvalue weighted by molar-refractivity contribution is 5.91. The number of fused-ring (bicyclic) bond motifs is 2. The van der Waals surface area contributed by atoms with Crippen molar-refractivity contribution in [2.45, 2.75) is 24.2 Å². The van der Waals surface area contributed by atoms with E-state index in [2.05, 4.69) is 26.3 Å². The van der Waals surface area contributed by atoms with Gasteiger partial charge in [0.2, 0.25) is 5.41 Å². The Kier molecular flexibility index (Phi) is 4.33. The molecular weight excluding hydrogens is 418 g/mol. The van der Waals surface area contributed by atoms with E-state index < -0.39 is 28.9 Å². The minimum Gasteiger partial charge on any atom is -0.457 e. The summed E-state index contributed by atoms with van der Waals surface area (Å²) >= 11 is 0. The third-order valence-corrected chi connectivity index (χ3v) is 5.79. The molecule has 2 aromatic carbocycles. The smallest absolute Gasteiger partial charge is 0.411 e. The summed E-state index contributed by atoms with van der Waals surface area (Å²) in [5.41, 5.74) is -4.37. The minimum atomic E-state index is -5.69. The molecule has 0 saturated carbocycles. The van der Waals surface area contributed by atoms with Crippen molar-refractivity contribution in [1.29, 1.82) is 0 Å². The first kappa shape index (κ1) is 21.0. The molecule has 0 fully saturated rings. The number of hydrogen-bond donors (Lipinski definition) is 0. The first-order chi connectivity index (χ1) is 14.3. The van der Waals surface area contributed by atoms with Crippen LogP contribution < -0.4 is 10.8 Å². The highest BCUT2D eigenvalue weighted by Gasteiger charge is 2.72. The number of rotatable bonds is 2. The summed E-state index contributed by atoms with van der Waals surface area (Å²) in [7, 11) is 0. The summed E-state index contributed by atoms with van der Waals surface area (Å²) in [6.07, 6.45) is -11.1. The van der Waals surface area contributed by atoms with Crippen molar-refractivity contribution in [1.82, 2.24) is 0 Å². The van der Waals surface area contributed by atoms with E-state index in [9.17, 15) is 26.3 Å². The van der Waals surface area contributed by atoms with Gasteiger partial charge in [-0.15, -0.1) is 0 Å². The average molecular weight is 434 g/mol. The zero-order chi connectivity index (χ0) is 22.9. The second-order valence-corrected chi connectivity index (χ2v) is 7.60. The van der Waals surface area contributed by atoms with Crippen molar-refractivity contribution in [3.05, 3.63) is 82.6 Å². The number of alkyl halides is 6. The van der Waals surface area contributed by atoms with E-state index in [-0.39, 0.29) is 21.8 Å². The Morgan fingerprint density at radius 2 is 1.16 bits per heavy atom. The monoisotopic (exact) mass is 434 g/mol. The Morgan fingerprint density at radius 1 is 0.645 bits per heavy atom. The molecule has 0 aliphatic heterocycles. The maximum absolute atomic E-state index is 14.5. The summed E-state index contributed by atoms with van der Waals surface area (Å²) in [5.74, 6) is 0. The zero-order valence-electron chi connectivity index (χ0n) is 16.2. The first-order valence-corrected chi connectivity index (χ1v) is 9.14. The van der Waals surface area contributed by atoms with Crippen molar-refractivity contribution in [2.75, 3.05) is 0 Å². The number of benzene rings is 2. The van der Waals surface area contributed by atoms with Crippen LogP contribution in [-0.4, -0.2) is 12.4 Å². The summed E-state index contributed by atoms with van der Waals surface area (Å²) < 4.78 is 92.0. The Morgan fingerprint density at radius 3 is 1.77 bits per heavy atom. The van der Waals surface area contributed by atoms with Gasteiger partial charge in [0.05, 0.1) is 0 Å². The molecule has 0 saturated heterocycles. The molecule has 0 N–H and O–H groups in total. The molecule has 7 heteroatoms. The standard InChI is InChI=1S/C24H16F6O/c1-12-9-13(2)20-10-16(5-7-18(12)20)22(23(25,26)27,24(28,29)30)17-6-8-19-14(3)31-15(4)21(19)11-17/h5-8,10-11H,1-4,9H2. The minimum absolute atomic E-state index is 0.0410.